The topological polar surface area (TPSA) is 69.1 Å². The zero-order chi connectivity index (χ0) is 25.5. The van der Waals surface area contributed by atoms with Gasteiger partial charge in [-0.25, -0.2) is 9.37 Å². The summed E-state index contributed by atoms with van der Waals surface area (Å²) in [5, 5.41) is 9.14. The molecule has 5 rings (SSSR count). The number of nitrogens with zero attached hydrogens (tertiary/aromatic N) is 4. The van der Waals surface area contributed by atoms with Crippen molar-refractivity contribution in [2.45, 2.75) is 38.6 Å². The molecule has 1 aromatic carbocycles. The molecule has 3 fully saturated rings. The fraction of sp³-hybridized carbons (Fsp3) is 0.571. The molecule has 7 nitrogen and oxygen atoms in total. The van der Waals surface area contributed by atoms with Crippen LogP contribution in [0.2, 0.25) is 0 Å². The number of ether oxygens (including phenoxy) is 1. The molecule has 1 unspecified atom stereocenters. The summed E-state index contributed by atoms with van der Waals surface area (Å²) in [5.41, 5.74) is 3.49. The predicted octanol–water partition coefficient (Wildman–Crippen LogP) is 3.21. The van der Waals surface area contributed by atoms with E-state index >= 15 is 0 Å². The first-order valence-corrected chi connectivity index (χ1v) is 13.1. The van der Waals surface area contributed by atoms with Crippen molar-refractivity contribution in [3.8, 4) is 11.1 Å². The molecule has 1 aromatic heterocycles. The van der Waals surface area contributed by atoms with E-state index in [2.05, 4.69) is 31.5 Å². The number of piperazine rings is 1. The molecule has 2 aromatic rings. The number of hydrogen-bond donors (Lipinski definition) is 1. The van der Waals surface area contributed by atoms with Gasteiger partial charge in [0, 0.05) is 57.5 Å². The van der Waals surface area contributed by atoms with Crippen molar-refractivity contribution in [2.75, 3.05) is 64.4 Å². The summed E-state index contributed by atoms with van der Waals surface area (Å²) < 4.78 is 18.2. The van der Waals surface area contributed by atoms with E-state index < -0.39 is 0 Å². The van der Waals surface area contributed by atoms with Crippen molar-refractivity contribution in [3.05, 3.63) is 47.9 Å². The van der Waals surface area contributed by atoms with E-state index in [0.717, 1.165) is 54.7 Å². The van der Waals surface area contributed by atoms with Gasteiger partial charge in [-0.15, -0.1) is 0 Å². The molecule has 1 spiro atoms. The number of likely N-dealkylation sites (tertiary alicyclic amines) is 1. The van der Waals surface area contributed by atoms with Crippen LogP contribution in [0.1, 0.15) is 31.7 Å². The molecule has 1 N–H and O–H groups in total. The van der Waals surface area contributed by atoms with Gasteiger partial charge >= 0.3 is 0 Å². The Kier molecular flexibility index (Phi) is 8.93. The number of pyridine rings is 1. The van der Waals surface area contributed by atoms with Gasteiger partial charge in [-0.2, -0.15) is 0 Å². The minimum atomic E-state index is -0.307. The van der Waals surface area contributed by atoms with Crippen molar-refractivity contribution < 1.29 is 19.0 Å². The van der Waals surface area contributed by atoms with Gasteiger partial charge in [-0.05, 0) is 62.3 Å². The van der Waals surface area contributed by atoms with Crippen LogP contribution in [0.5, 0.6) is 0 Å². The van der Waals surface area contributed by atoms with Crippen molar-refractivity contribution in [3.63, 3.8) is 0 Å². The minimum absolute atomic E-state index is 0.134. The highest BCUT2D eigenvalue weighted by Crippen LogP contribution is 2.46. The predicted molar refractivity (Wildman–Crippen MR) is 139 cm³/mol. The molecule has 1 atom stereocenters. The molecule has 196 valence electrons. The molecule has 0 radical (unpaired) electrons. The average Bonchev–Trinajstić information content (AvgIpc) is 3.31. The summed E-state index contributed by atoms with van der Waals surface area (Å²) in [4.78, 5) is 21.1. The summed E-state index contributed by atoms with van der Waals surface area (Å²) in [6, 6.07) is 10.3. The fourth-order valence-electron chi connectivity index (χ4n) is 6.12. The summed E-state index contributed by atoms with van der Waals surface area (Å²) in [6.45, 7) is 9.28. The van der Waals surface area contributed by atoms with Gasteiger partial charge in [0.2, 0.25) is 0 Å². The fourth-order valence-corrected chi connectivity index (χ4v) is 6.12. The van der Waals surface area contributed by atoms with Gasteiger partial charge in [-0.3, -0.25) is 9.69 Å². The van der Waals surface area contributed by atoms with Crippen molar-refractivity contribution in [2.24, 2.45) is 5.41 Å². The van der Waals surface area contributed by atoms with Gasteiger partial charge in [0.25, 0.3) is 6.47 Å². The number of hydrogen-bond acceptors (Lipinski definition) is 7. The molecule has 8 heteroatoms. The first-order chi connectivity index (χ1) is 17.5. The Morgan fingerprint density at radius 3 is 2.50 bits per heavy atom. The van der Waals surface area contributed by atoms with Crippen LogP contribution in [0.15, 0.2) is 36.5 Å². The smallest absolute Gasteiger partial charge is 0.293 e. The Morgan fingerprint density at radius 1 is 1.19 bits per heavy atom. The molecule has 0 amide bonds. The third kappa shape index (κ3) is 6.22. The lowest BCUT2D eigenvalue weighted by Gasteiger charge is -2.47. The standard InChI is InChI=1S/C25H33FN4O.C3H6O2/c1-28-17-25(18-28)8-6-22(15-25)29-9-11-30(12-10-29)24-23(14-21(26)16-27-24)20-4-2-19(3-5-20)7-13-31;1-2-5-3-4/h2-5,14,16,22,31H,6-13,15,17-18H2,1H3;3H,2H2,1H3. The highest BCUT2D eigenvalue weighted by Gasteiger charge is 2.48. The molecule has 36 heavy (non-hydrogen) atoms. The first kappa shape index (κ1) is 26.5. The highest BCUT2D eigenvalue weighted by molar-refractivity contribution is 5.76. The Labute approximate surface area is 213 Å². The summed E-state index contributed by atoms with van der Waals surface area (Å²) in [7, 11) is 2.23. The van der Waals surface area contributed by atoms with E-state index in [-0.39, 0.29) is 12.4 Å². The minimum Gasteiger partial charge on any atom is -0.468 e. The van der Waals surface area contributed by atoms with Crippen LogP contribution in [-0.4, -0.2) is 91.9 Å². The van der Waals surface area contributed by atoms with Crippen LogP contribution in [-0.2, 0) is 16.0 Å². The lowest BCUT2D eigenvalue weighted by molar-refractivity contribution is -0.128. The van der Waals surface area contributed by atoms with Gasteiger partial charge in [0.05, 0.1) is 12.8 Å². The maximum atomic E-state index is 14.1. The SMILES string of the molecule is CCOC=O.CN1CC2(CCC(N3CCN(c4ncc(F)cc4-c4ccc(CCO)cc4)CC3)C2)C1. The van der Waals surface area contributed by atoms with Crippen LogP contribution in [0.4, 0.5) is 10.2 Å². The number of aromatic nitrogens is 1. The third-order valence-corrected chi connectivity index (χ3v) is 7.75. The average molecular weight is 499 g/mol. The zero-order valence-corrected chi connectivity index (χ0v) is 21.5. The molecule has 2 aliphatic heterocycles. The first-order valence-electron chi connectivity index (χ1n) is 13.1. The molecule has 2 saturated heterocycles. The van der Waals surface area contributed by atoms with Crippen LogP contribution < -0.4 is 4.90 Å². The van der Waals surface area contributed by atoms with Crippen molar-refractivity contribution in [1.82, 2.24) is 14.8 Å². The van der Waals surface area contributed by atoms with Gasteiger partial charge in [-0.1, -0.05) is 24.3 Å². The quantitative estimate of drug-likeness (QED) is 0.588. The number of halogens is 1. The molecule has 1 saturated carbocycles. The summed E-state index contributed by atoms with van der Waals surface area (Å²) >= 11 is 0. The van der Waals surface area contributed by atoms with E-state index in [1.807, 2.05) is 24.3 Å². The van der Waals surface area contributed by atoms with Gasteiger partial charge in [0.15, 0.2) is 0 Å². The monoisotopic (exact) mass is 498 g/mol. The Hall–Kier alpha value is -2.55. The Bertz CT molecular complexity index is 989. The molecular weight excluding hydrogens is 459 g/mol. The number of carbonyl (C=O) groups is 1. The second kappa shape index (κ2) is 12.1. The molecule has 3 aliphatic rings. The number of carbonyl (C=O) groups excluding carboxylic acids is 1. The molecular formula is C28H39FN4O3. The maximum absolute atomic E-state index is 14.1. The van der Waals surface area contributed by atoms with E-state index in [1.165, 1.54) is 38.5 Å². The molecule has 0 bridgehead atoms. The Morgan fingerprint density at radius 2 is 1.92 bits per heavy atom. The second-order valence-electron chi connectivity index (χ2n) is 10.3. The lowest BCUT2D eigenvalue weighted by Crippen LogP contribution is -2.54. The van der Waals surface area contributed by atoms with E-state index in [9.17, 15) is 9.18 Å². The third-order valence-electron chi connectivity index (χ3n) is 7.75. The van der Waals surface area contributed by atoms with Gasteiger partial charge in [0.1, 0.15) is 11.6 Å². The summed E-state index contributed by atoms with van der Waals surface area (Å²) in [5.74, 6) is 0.568. The highest BCUT2D eigenvalue weighted by atomic mass is 19.1. The number of benzene rings is 1. The summed E-state index contributed by atoms with van der Waals surface area (Å²) in [6.07, 6.45) is 6.01. The Balaban J connectivity index is 0.000000556. The van der Waals surface area contributed by atoms with Crippen LogP contribution >= 0.6 is 0 Å². The number of aliphatic hydroxyl groups is 1. The van der Waals surface area contributed by atoms with Crippen molar-refractivity contribution >= 4 is 12.3 Å². The number of aliphatic hydroxyl groups excluding tert-OH is 1. The van der Waals surface area contributed by atoms with Crippen LogP contribution in [0.3, 0.4) is 0 Å². The maximum Gasteiger partial charge on any atom is 0.293 e. The lowest BCUT2D eigenvalue weighted by atomic mass is 9.78. The van der Waals surface area contributed by atoms with Crippen molar-refractivity contribution in [1.29, 1.82) is 0 Å². The van der Waals surface area contributed by atoms with Crippen LogP contribution in [0, 0.1) is 11.2 Å². The van der Waals surface area contributed by atoms with E-state index in [1.54, 1.807) is 13.0 Å². The van der Waals surface area contributed by atoms with E-state index in [0.29, 0.717) is 24.9 Å². The second-order valence-corrected chi connectivity index (χ2v) is 10.3. The van der Waals surface area contributed by atoms with Crippen LogP contribution in [0.25, 0.3) is 11.1 Å². The van der Waals surface area contributed by atoms with Gasteiger partial charge < -0.3 is 19.6 Å². The number of rotatable bonds is 7. The molecule has 1 aliphatic carbocycles. The normalized spacial score (nSPS) is 21.6. The number of anilines is 1. The largest absolute Gasteiger partial charge is 0.468 e. The van der Waals surface area contributed by atoms with E-state index in [4.69, 9.17) is 5.11 Å². The molecule has 3 heterocycles. The zero-order valence-electron chi connectivity index (χ0n) is 21.5.